The molecule has 1 aromatic heterocycles. The summed E-state index contributed by atoms with van der Waals surface area (Å²) < 4.78 is 5.39. The average molecular weight is 299 g/mol. The Morgan fingerprint density at radius 2 is 2.27 bits per heavy atom. The average Bonchev–Trinajstić information content (AvgIpc) is 2.92. The van der Waals surface area contributed by atoms with Crippen LogP contribution in [0.3, 0.4) is 0 Å². The number of pyridine rings is 1. The lowest BCUT2D eigenvalue weighted by Gasteiger charge is -2.16. The molecule has 1 aliphatic rings. The minimum atomic E-state index is 0.0421. The molecular formula is C17H21N3O2. The molecule has 5 heteroatoms. The number of hydrogen-bond acceptors (Lipinski definition) is 4. The van der Waals surface area contributed by atoms with E-state index in [1.807, 2.05) is 18.2 Å². The predicted octanol–water partition coefficient (Wildman–Crippen LogP) is 1.95. The summed E-state index contributed by atoms with van der Waals surface area (Å²) in [6.45, 7) is 4.23. The van der Waals surface area contributed by atoms with E-state index in [4.69, 9.17) is 9.72 Å². The van der Waals surface area contributed by atoms with E-state index in [2.05, 4.69) is 22.3 Å². The van der Waals surface area contributed by atoms with Gasteiger partial charge in [0, 0.05) is 38.0 Å². The molecule has 2 aromatic rings. The summed E-state index contributed by atoms with van der Waals surface area (Å²) in [6.07, 6.45) is 0.997. The zero-order valence-corrected chi connectivity index (χ0v) is 13.0. The number of methoxy groups -OCH3 is 1. The molecule has 1 aromatic carbocycles. The van der Waals surface area contributed by atoms with Crippen LogP contribution in [0.4, 0.5) is 0 Å². The number of rotatable bonds is 4. The van der Waals surface area contributed by atoms with Gasteiger partial charge in [-0.25, -0.2) is 4.98 Å². The summed E-state index contributed by atoms with van der Waals surface area (Å²) in [6, 6.07) is 10.3. The first-order valence-electron chi connectivity index (χ1n) is 7.58. The minimum absolute atomic E-state index is 0.0421. The molecule has 0 saturated carbocycles. The van der Waals surface area contributed by atoms with E-state index in [1.54, 1.807) is 14.0 Å². The van der Waals surface area contributed by atoms with Crippen LogP contribution in [-0.2, 0) is 11.3 Å². The maximum Gasteiger partial charge on any atom is 0.217 e. The molecule has 0 spiro atoms. The largest absolute Gasteiger partial charge is 0.494 e. The number of likely N-dealkylation sites (tertiary alicyclic amines) is 1. The van der Waals surface area contributed by atoms with Crippen molar-refractivity contribution in [2.45, 2.75) is 25.9 Å². The summed E-state index contributed by atoms with van der Waals surface area (Å²) >= 11 is 0. The molecule has 0 aliphatic carbocycles. The minimum Gasteiger partial charge on any atom is -0.494 e. The lowest BCUT2D eigenvalue weighted by Crippen LogP contribution is -2.35. The second kappa shape index (κ2) is 6.32. The van der Waals surface area contributed by atoms with Crippen molar-refractivity contribution >= 4 is 16.8 Å². The predicted molar refractivity (Wildman–Crippen MR) is 85.8 cm³/mol. The van der Waals surface area contributed by atoms with Crippen molar-refractivity contribution in [3.05, 3.63) is 36.0 Å². The third kappa shape index (κ3) is 3.20. The molecule has 3 rings (SSSR count). The summed E-state index contributed by atoms with van der Waals surface area (Å²) in [5.74, 6) is 0.845. The highest BCUT2D eigenvalue weighted by molar-refractivity contribution is 5.84. The van der Waals surface area contributed by atoms with Gasteiger partial charge in [-0.1, -0.05) is 18.2 Å². The maximum atomic E-state index is 11.1. The van der Waals surface area contributed by atoms with Gasteiger partial charge < -0.3 is 10.1 Å². The number of carbonyl (C=O) groups excluding carboxylic acids is 1. The lowest BCUT2D eigenvalue weighted by atomic mass is 10.2. The van der Waals surface area contributed by atoms with Crippen molar-refractivity contribution in [1.29, 1.82) is 0 Å². The molecule has 1 aliphatic heterocycles. The Bertz CT molecular complexity index is 687. The number of carbonyl (C=O) groups is 1. The molecule has 1 fully saturated rings. The van der Waals surface area contributed by atoms with Gasteiger partial charge in [0.1, 0.15) is 11.3 Å². The second-order valence-electron chi connectivity index (χ2n) is 5.76. The third-order valence-corrected chi connectivity index (χ3v) is 4.03. The van der Waals surface area contributed by atoms with Crippen LogP contribution in [0.5, 0.6) is 5.75 Å². The van der Waals surface area contributed by atoms with E-state index in [1.165, 1.54) is 0 Å². The number of benzene rings is 1. The lowest BCUT2D eigenvalue weighted by molar-refractivity contribution is -0.119. The summed E-state index contributed by atoms with van der Waals surface area (Å²) in [7, 11) is 1.67. The van der Waals surface area contributed by atoms with E-state index in [0.717, 1.165) is 48.4 Å². The van der Waals surface area contributed by atoms with Crippen LogP contribution in [0.2, 0.25) is 0 Å². The van der Waals surface area contributed by atoms with Crippen molar-refractivity contribution in [2.24, 2.45) is 0 Å². The van der Waals surface area contributed by atoms with Gasteiger partial charge in [-0.05, 0) is 18.6 Å². The SMILES string of the molecule is COc1cccc2ccc(CN3CCC(NC(C)=O)C3)nc12. The number of para-hydroxylation sites is 1. The van der Waals surface area contributed by atoms with Crippen LogP contribution in [-0.4, -0.2) is 42.0 Å². The van der Waals surface area contributed by atoms with Crippen LogP contribution >= 0.6 is 0 Å². The monoisotopic (exact) mass is 299 g/mol. The fourth-order valence-corrected chi connectivity index (χ4v) is 3.02. The van der Waals surface area contributed by atoms with Crippen molar-refractivity contribution in [3.63, 3.8) is 0 Å². The number of nitrogens with one attached hydrogen (secondary N) is 1. The number of ether oxygens (including phenoxy) is 1. The Labute approximate surface area is 130 Å². The molecule has 1 saturated heterocycles. The summed E-state index contributed by atoms with van der Waals surface area (Å²) in [4.78, 5) is 18.2. The fraction of sp³-hybridized carbons (Fsp3) is 0.412. The molecule has 5 nitrogen and oxygen atoms in total. The molecule has 1 amide bonds. The van der Waals surface area contributed by atoms with E-state index < -0.39 is 0 Å². The molecule has 1 atom stereocenters. The van der Waals surface area contributed by atoms with Crippen molar-refractivity contribution < 1.29 is 9.53 Å². The number of hydrogen-bond donors (Lipinski definition) is 1. The first-order chi connectivity index (χ1) is 10.7. The number of amides is 1. The smallest absolute Gasteiger partial charge is 0.217 e. The highest BCUT2D eigenvalue weighted by Crippen LogP contribution is 2.24. The van der Waals surface area contributed by atoms with Crippen LogP contribution in [0, 0.1) is 0 Å². The zero-order chi connectivity index (χ0) is 15.5. The van der Waals surface area contributed by atoms with Crippen molar-refractivity contribution in [1.82, 2.24) is 15.2 Å². The number of fused-ring (bicyclic) bond motifs is 1. The normalized spacial score (nSPS) is 18.5. The number of nitrogens with zero attached hydrogens (tertiary/aromatic N) is 2. The fourth-order valence-electron chi connectivity index (χ4n) is 3.02. The molecule has 2 heterocycles. The van der Waals surface area contributed by atoms with Gasteiger partial charge in [0.15, 0.2) is 0 Å². The Morgan fingerprint density at radius 1 is 1.41 bits per heavy atom. The Kier molecular flexibility index (Phi) is 4.24. The van der Waals surface area contributed by atoms with Crippen molar-refractivity contribution in [3.8, 4) is 5.75 Å². The summed E-state index contributed by atoms with van der Waals surface area (Å²) in [5, 5.41) is 4.07. The first-order valence-corrected chi connectivity index (χ1v) is 7.58. The van der Waals surface area contributed by atoms with E-state index in [0.29, 0.717) is 0 Å². The zero-order valence-electron chi connectivity index (χ0n) is 13.0. The van der Waals surface area contributed by atoms with E-state index in [9.17, 15) is 4.79 Å². The Morgan fingerprint density at radius 3 is 3.05 bits per heavy atom. The third-order valence-electron chi connectivity index (χ3n) is 4.03. The highest BCUT2D eigenvalue weighted by Gasteiger charge is 2.23. The maximum absolute atomic E-state index is 11.1. The first kappa shape index (κ1) is 14.8. The van der Waals surface area contributed by atoms with Gasteiger partial charge in [-0.2, -0.15) is 0 Å². The summed E-state index contributed by atoms with van der Waals surface area (Å²) in [5.41, 5.74) is 1.93. The van der Waals surface area contributed by atoms with Crippen LogP contribution in [0.1, 0.15) is 19.0 Å². The van der Waals surface area contributed by atoms with E-state index in [-0.39, 0.29) is 11.9 Å². The molecular weight excluding hydrogens is 278 g/mol. The molecule has 22 heavy (non-hydrogen) atoms. The second-order valence-corrected chi connectivity index (χ2v) is 5.76. The molecule has 0 radical (unpaired) electrons. The molecule has 1 N–H and O–H groups in total. The quantitative estimate of drug-likeness (QED) is 0.937. The topological polar surface area (TPSA) is 54.5 Å². The van der Waals surface area contributed by atoms with Crippen molar-refractivity contribution in [2.75, 3.05) is 20.2 Å². The number of aromatic nitrogens is 1. The van der Waals surface area contributed by atoms with Gasteiger partial charge >= 0.3 is 0 Å². The molecule has 116 valence electrons. The molecule has 0 bridgehead atoms. The van der Waals surface area contributed by atoms with Gasteiger partial charge in [0.05, 0.1) is 12.8 Å². The van der Waals surface area contributed by atoms with Gasteiger partial charge in [0.2, 0.25) is 5.91 Å². The Hall–Kier alpha value is -2.14. The van der Waals surface area contributed by atoms with Gasteiger partial charge in [-0.15, -0.1) is 0 Å². The Balaban J connectivity index is 1.73. The highest BCUT2D eigenvalue weighted by atomic mass is 16.5. The molecule has 1 unspecified atom stereocenters. The van der Waals surface area contributed by atoms with Crippen LogP contribution in [0.25, 0.3) is 10.9 Å². The van der Waals surface area contributed by atoms with Crippen LogP contribution < -0.4 is 10.1 Å². The van der Waals surface area contributed by atoms with Gasteiger partial charge in [0.25, 0.3) is 0 Å². The van der Waals surface area contributed by atoms with E-state index >= 15 is 0 Å². The van der Waals surface area contributed by atoms with Gasteiger partial charge in [-0.3, -0.25) is 9.69 Å². The standard InChI is InChI=1S/C17H21N3O2/c1-12(21)18-15-8-9-20(11-15)10-14-7-6-13-4-3-5-16(22-2)17(13)19-14/h3-7,15H,8-11H2,1-2H3,(H,18,21). The van der Waals surface area contributed by atoms with Crippen LogP contribution in [0.15, 0.2) is 30.3 Å².